The van der Waals surface area contributed by atoms with E-state index >= 15 is 0 Å². The molecule has 2 fully saturated rings. The van der Waals surface area contributed by atoms with Crippen LogP contribution in [0.15, 0.2) is 30.3 Å². The van der Waals surface area contributed by atoms with Gasteiger partial charge < -0.3 is 19.7 Å². The summed E-state index contributed by atoms with van der Waals surface area (Å²) in [6, 6.07) is 9.69. The van der Waals surface area contributed by atoms with Gasteiger partial charge in [-0.25, -0.2) is 9.97 Å². The van der Waals surface area contributed by atoms with Gasteiger partial charge in [0.15, 0.2) is 5.79 Å². The molecule has 1 aromatic heterocycles. The Balaban J connectivity index is 1.48. The van der Waals surface area contributed by atoms with Crippen LogP contribution in [0.5, 0.6) is 0 Å². The van der Waals surface area contributed by atoms with Gasteiger partial charge in [-0.3, -0.25) is 4.79 Å². The first-order valence-corrected chi connectivity index (χ1v) is 9.30. The normalized spacial score (nSPS) is 18.7. The van der Waals surface area contributed by atoms with E-state index in [1.165, 1.54) is 0 Å². The van der Waals surface area contributed by atoms with Crippen molar-refractivity contribution in [3.8, 4) is 0 Å². The maximum Gasteiger partial charge on any atom is 0.272 e. The molecule has 2 aliphatic heterocycles. The van der Waals surface area contributed by atoms with Crippen LogP contribution in [0.1, 0.15) is 34.6 Å². The molecule has 0 aliphatic carbocycles. The van der Waals surface area contributed by atoms with E-state index in [9.17, 15) is 4.79 Å². The number of carbonyl (C=O) groups is 1. The number of carbonyl (C=O) groups excluding carboxylic acids is 1. The Morgan fingerprint density at radius 1 is 1.11 bits per heavy atom. The highest BCUT2D eigenvalue weighted by molar-refractivity contribution is 5.92. The molecule has 0 saturated carbocycles. The van der Waals surface area contributed by atoms with Crippen molar-refractivity contribution in [3.05, 3.63) is 47.3 Å². The standard InChI is InChI=1S/C20H24N4O3/c1-14-4-3-5-16(12-14)22-19-21-15(2)13-17(23-19)18(25)24-8-6-20(7-9-24)26-10-11-27-20/h3-5,12-13H,6-11H2,1-2H3,(H,21,22,23). The lowest BCUT2D eigenvalue weighted by atomic mass is 10.0. The molecule has 1 N–H and O–H groups in total. The SMILES string of the molecule is Cc1cccc(Nc2nc(C)cc(C(=O)N3CCC4(CC3)OCCO4)n2)c1. The highest BCUT2D eigenvalue weighted by atomic mass is 16.7. The third-order valence-corrected chi connectivity index (χ3v) is 4.97. The zero-order valence-electron chi connectivity index (χ0n) is 15.7. The number of nitrogens with zero attached hydrogens (tertiary/aromatic N) is 3. The summed E-state index contributed by atoms with van der Waals surface area (Å²) in [5.74, 6) is -0.142. The largest absolute Gasteiger partial charge is 0.347 e. The summed E-state index contributed by atoms with van der Waals surface area (Å²) in [6.07, 6.45) is 1.38. The second kappa shape index (κ2) is 7.25. The number of ether oxygens (including phenoxy) is 2. The number of piperidine rings is 1. The molecule has 7 nitrogen and oxygen atoms in total. The van der Waals surface area contributed by atoms with Gasteiger partial charge >= 0.3 is 0 Å². The number of rotatable bonds is 3. The molecule has 142 valence electrons. The van der Waals surface area contributed by atoms with Crippen molar-refractivity contribution >= 4 is 17.5 Å². The summed E-state index contributed by atoms with van der Waals surface area (Å²) in [4.78, 5) is 23.6. The molecule has 7 heteroatoms. The van der Waals surface area contributed by atoms with E-state index in [0.717, 1.165) is 16.9 Å². The zero-order valence-corrected chi connectivity index (χ0v) is 15.7. The molecular formula is C20H24N4O3. The number of anilines is 2. The van der Waals surface area contributed by atoms with Crippen molar-refractivity contribution in [2.45, 2.75) is 32.5 Å². The van der Waals surface area contributed by atoms with E-state index in [4.69, 9.17) is 9.47 Å². The minimum absolute atomic E-state index is 0.0827. The summed E-state index contributed by atoms with van der Waals surface area (Å²) in [5.41, 5.74) is 3.19. The van der Waals surface area contributed by atoms with Gasteiger partial charge in [-0.15, -0.1) is 0 Å². The minimum Gasteiger partial charge on any atom is -0.347 e. The van der Waals surface area contributed by atoms with Gasteiger partial charge in [0.2, 0.25) is 5.95 Å². The van der Waals surface area contributed by atoms with E-state index in [0.29, 0.717) is 50.8 Å². The zero-order chi connectivity index (χ0) is 18.9. The van der Waals surface area contributed by atoms with Crippen molar-refractivity contribution in [1.82, 2.24) is 14.9 Å². The fourth-order valence-corrected chi connectivity index (χ4v) is 3.58. The van der Waals surface area contributed by atoms with E-state index < -0.39 is 5.79 Å². The van der Waals surface area contributed by atoms with E-state index in [2.05, 4.69) is 15.3 Å². The highest BCUT2D eigenvalue weighted by Gasteiger charge is 2.41. The Labute approximate surface area is 158 Å². The van der Waals surface area contributed by atoms with Gasteiger partial charge in [0.05, 0.1) is 13.2 Å². The van der Waals surface area contributed by atoms with E-state index in [1.54, 1.807) is 6.07 Å². The number of aryl methyl sites for hydroxylation is 2. The van der Waals surface area contributed by atoms with Crippen LogP contribution in [0.4, 0.5) is 11.6 Å². The van der Waals surface area contributed by atoms with E-state index in [1.807, 2.05) is 43.0 Å². The van der Waals surface area contributed by atoms with Crippen molar-refractivity contribution in [3.63, 3.8) is 0 Å². The van der Waals surface area contributed by atoms with Crippen LogP contribution in [0.2, 0.25) is 0 Å². The minimum atomic E-state index is -0.490. The first kappa shape index (κ1) is 17.9. The first-order chi connectivity index (χ1) is 13.0. The Bertz CT molecular complexity index is 839. The van der Waals surface area contributed by atoms with Gasteiger partial charge in [0.25, 0.3) is 5.91 Å². The second-order valence-corrected chi connectivity index (χ2v) is 7.11. The van der Waals surface area contributed by atoms with Crippen LogP contribution in [0, 0.1) is 13.8 Å². The summed E-state index contributed by atoms with van der Waals surface area (Å²) < 4.78 is 11.5. The number of likely N-dealkylation sites (tertiary alicyclic amines) is 1. The summed E-state index contributed by atoms with van der Waals surface area (Å²) >= 11 is 0. The Hall–Kier alpha value is -2.51. The lowest BCUT2D eigenvalue weighted by Gasteiger charge is -2.37. The van der Waals surface area contributed by atoms with Gasteiger partial charge in [0, 0.05) is 37.3 Å². The van der Waals surface area contributed by atoms with Crippen LogP contribution in [-0.4, -0.2) is 52.9 Å². The summed E-state index contributed by atoms with van der Waals surface area (Å²) in [6.45, 7) is 6.36. The molecule has 27 heavy (non-hydrogen) atoms. The van der Waals surface area contributed by atoms with Crippen molar-refractivity contribution in [2.75, 3.05) is 31.6 Å². The maximum atomic E-state index is 12.9. The van der Waals surface area contributed by atoms with Crippen LogP contribution in [0.3, 0.4) is 0 Å². The van der Waals surface area contributed by atoms with Crippen molar-refractivity contribution in [1.29, 1.82) is 0 Å². The molecule has 0 unspecified atom stereocenters. The molecule has 3 heterocycles. The average Bonchev–Trinajstić information content (AvgIpc) is 3.09. The summed E-state index contributed by atoms with van der Waals surface area (Å²) in [7, 11) is 0. The quantitative estimate of drug-likeness (QED) is 0.898. The van der Waals surface area contributed by atoms with Crippen molar-refractivity contribution in [2.24, 2.45) is 0 Å². The van der Waals surface area contributed by atoms with E-state index in [-0.39, 0.29) is 5.91 Å². The molecule has 4 rings (SSSR count). The van der Waals surface area contributed by atoms with Crippen LogP contribution >= 0.6 is 0 Å². The number of hydrogen-bond acceptors (Lipinski definition) is 6. The topological polar surface area (TPSA) is 76.6 Å². The molecular weight excluding hydrogens is 344 g/mol. The Morgan fingerprint density at radius 2 is 1.85 bits per heavy atom. The molecule has 2 aliphatic rings. The van der Waals surface area contributed by atoms with Gasteiger partial charge in [-0.2, -0.15) is 0 Å². The predicted octanol–water partition coefficient (Wildman–Crippen LogP) is 2.82. The molecule has 2 aromatic rings. The third kappa shape index (κ3) is 3.94. The van der Waals surface area contributed by atoms with Crippen LogP contribution in [0.25, 0.3) is 0 Å². The number of hydrogen-bond donors (Lipinski definition) is 1. The van der Waals surface area contributed by atoms with Crippen molar-refractivity contribution < 1.29 is 14.3 Å². The van der Waals surface area contributed by atoms with Crippen LogP contribution in [-0.2, 0) is 9.47 Å². The first-order valence-electron chi connectivity index (χ1n) is 9.30. The lowest BCUT2D eigenvalue weighted by molar-refractivity contribution is -0.181. The molecule has 1 amide bonds. The van der Waals surface area contributed by atoms with Crippen LogP contribution < -0.4 is 5.32 Å². The third-order valence-electron chi connectivity index (χ3n) is 4.97. The summed E-state index contributed by atoms with van der Waals surface area (Å²) in [5, 5.41) is 3.19. The fraction of sp³-hybridized carbons (Fsp3) is 0.450. The van der Waals surface area contributed by atoms with Gasteiger partial charge in [-0.1, -0.05) is 12.1 Å². The van der Waals surface area contributed by atoms with Gasteiger partial charge in [-0.05, 0) is 37.6 Å². The molecule has 2 saturated heterocycles. The predicted molar refractivity (Wildman–Crippen MR) is 101 cm³/mol. The number of nitrogens with one attached hydrogen (secondary N) is 1. The number of amides is 1. The molecule has 0 radical (unpaired) electrons. The molecule has 1 aromatic carbocycles. The number of aromatic nitrogens is 2. The second-order valence-electron chi connectivity index (χ2n) is 7.11. The molecule has 0 atom stereocenters. The monoisotopic (exact) mass is 368 g/mol. The number of benzene rings is 1. The molecule has 1 spiro atoms. The fourth-order valence-electron chi connectivity index (χ4n) is 3.58. The Kier molecular flexibility index (Phi) is 4.80. The lowest BCUT2D eigenvalue weighted by Crippen LogP contribution is -2.47. The average molecular weight is 368 g/mol. The smallest absolute Gasteiger partial charge is 0.272 e. The molecule has 0 bridgehead atoms. The Morgan fingerprint density at radius 3 is 2.56 bits per heavy atom. The highest BCUT2D eigenvalue weighted by Crippen LogP contribution is 2.31. The van der Waals surface area contributed by atoms with Gasteiger partial charge in [0.1, 0.15) is 5.69 Å². The maximum absolute atomic E-state index is 12.9.